The van der Waals surface area contributed by atoms with Crippen molar-refractivity contribution in [1.29, 1.82) is 0 Å². The van der Waals surface area contributed by atoms with Crippen LogP contribution >= 0.6 is 23.8 Å². The van der Waals surface area contributed by atoms with Crippen LogP contribution in [0.25, 0.3) is 0 Å². The topological polar surface area (TPSA) is 81.1 Å². The number of nitrogens with one attached hydrogen (secondary N) is 1. The second-order valence-electron chi connectivity index (χ2n) is 4.71. The van der Waals surface area contributed by atoms with Gasteiger partial charge in [-0.05, 0) is 32.0 Å². The lowest BCUT2D eigenvalue weighted by atomic mass is 9.99. The molecule has 98 valence electrons. The molecule has 0 radical (unpaired) electrons. The van der Waals surface area contributed by atoms with Gasteiger partial charge in [0.15, 0.2) is 0 Å². The SMILES string of the molecule is CC(C)(CC(N)=O)Nc1ccc(Cl)cc1C(N)=S. The lowest BCUT2D eigenvalue weighted by Crippen LogP contribution is -2.36. The van der Waals surface area contributed by atoms with Crippen LogP contribution in [0.3, 0.4) is 0 Å². The van der Waals surface area contributed by atoms with E-state index in [0.717, 1.165) is 5.69 Å². The van der Waals surface area contributed by atoms with Crippen molar-refractivity contribution < 1.29 is 4.79 Å². The number of halogens is 1. The number of hydrogen-bond donors (Lipinski definition) is 3. The van der Waals surface area contributed by atoms with Gasteiger partial charge in [-0.25, -0.2) is 0 Å². The number of anilines is 1. The molecular formula is C12H16ClN3OS. The minimum atomic E-state index is -0.487. The van der Waals surface area contributed by atoms with Crippen molar-refractivity contribution in [3.8, 4) is 0 Å². The summed E-state index contributed by atoms with van der Waals surface area (Å²) < 4.78 is 0. The molecule has 0 saturated heterocycles. The standard InChI is InChI=1S/C12H16ClN3OS/c1-12(2,6-10(14)17)16-9-4-3-7(13)5-8(9)11(15)18/h3-5,16H,6H2,1-2H3,(H2,14,17)(H2,15,18). The van der Waals surface area contributed by atoms with Gasteiger partial charge in [0.1, 0.15) is 4.99 Å². The Kier molecular flexibility index (Phi) is 4.53. The van der Waals surface area contributed by atoms with E-state index in [1.807, 2.05) is 13.8 Å². The fourth-order valence-corrected chi connectivity index (χ4v) is 2.01. The number of carbonyl (C=O) groups is 1. The number of carbonyl (C=O) groups excluding carboxylic acids is 1. The van der Waals surface area contributed by atoms with E-state index in [1.54, 1.807) is 18.2 Å². The van der Waals surface area contributed by atoms with Crippen LogP contribution in [0.5, 0.6) is 0 Å². The highest BCUT2D eigenvalue weighted by atomic mass is 35.5. The molecule has 0 unspecified atom stereocenters. The molecule has 0 fully saturated rings. The fraction of sp³-hybridized carbons (Fsp3) is 0.333. The Hall–Kier alpha value is -1.33. The van der Waals surface area contributed by atoms with Gasteiger partial charge in [-0.1, -0.05) is 23.8 Å². The molecule has 0 aliphatic heterocycles. The summed E-state index contributed by atoms with van der Waals surface area (Å²) in [5.41, 5.74) is 11.7. The van der Waals surface area contributed by atoms with E-state index in [0.29, 0.717) is 10.6 Å². The number of nitrogens with two attached hydrogens (primary N) is 2. The van der Waals surface area contributed by atoms with Crippen LogP contribution < -0.4 is 16.8 Å². The average Bonchev–Trinajstić information content (AvgIpc) is 2.18. The third-order valence-electron chi connectivity index (χ3n) is 2.34. The maximum atomic E-state index is 11.0. The Bertz CT molecular complexity index is 488. The van der Waals surface area contributed by atoms with Crippen molar-refractivity contribution in [2.75, 3.05) is 5.32 Å². The molecule has 4 nitrogen and oxygen atoms in total. The monoisotopic (exact) mass is 285 g/mol. The number of rotatable bonds is 5. The predicted octanol–water partition coefficient (Wildman–Crippen LogP) is 2.04. The molecule has 0 saturated carbocycles. The number of hydrogen-bond acceptors (Lipinski definition) is 3. The van der Waals surface area contributed by atoms with Crippen LogP contribution in [0.2, 0.25) is 5.02 Å². The summed E-state index contributed by atoms with van der Waals surface area (Å²) in [5.74, 6) is -0.377. The molecular weight excluding hydrogens is 270 g/mol. The Morgan fingerprint density at radius 1 is 1.44 bits per heavy atom. The van der Waals surface area contributed by atoms with Gasteiger partial charge in [0.05, 0.1) is 0 Å². The van der Waals surface area contributed by atoms with Gasteiger partial charge in [-0.3, -0.25) is 4.79 Å². The van der Waals surface area contributed by atoms with E-state index >= 15 is 0 Å². The van der Waals surface area contributed by atoms with E-state index < -0.39 is 5.54 Å². The van der Waals surface area contributed by atoms with Crippen molar-refractivity contribution in [2.45, 2.75) is 25.8 Å². The maximum absolute atomic E-state index is 11.0. The minimum Gasteiger partial charge on any atom is -0.389 e. The van der Waals surface area contributed by atoms with Crippen LogP contribution in [0, 0.1) is 0 Å². The van der Waals surface area contributed by atoms with Crippen molar-refractivity contribution >= 4 is 40.4 Å². The molecule has 0 aliphatic rings. The van der Waals surface area contributed by atoms with Crippen molar-refractivity contribution in [3.05, 3.63) is 28.8 Å². The molecule has 0 heterocycles. The zero-order valence-corrected chi connectivity index (χ0v) is 11.9. The van der Waals surface area contributed by atoms with Gasteiger partial charge in [-0.2, -0.15) is 0 Å². The van der Waals surface area contributed by atoms with Gasteiger partial charge in [0, 0.05) is 28.2 Å². The first-order valence-electron chi connectivity index (χ1n) is 5.37. The second-order valence-corrected chi connectivity index (χ2v) is 5.58. The van der Waals surface area contributed by atoms with Crippen LogP contribution in [0.4, 0.5) is 5.69 Å². The summed E-state index contributed by atoms with van der Waals surface area (Å²) in [7, 11) is 0. The first-order valence-corrected chi connectivity index (χ1v) is 6.16. The van der Waals surface area contributed by atoms with Gasteiger partial charge in [0.25, 0.3) is 0 Å². The summed E-state index contributed by atoms with van der Waals surface area (Å²) in [6.07, 6.45) is 0.201. The first-order chi connectivity index (χ1) is 8.21. The second kappa shape index (κ2) is 5.54. The molecule has 1 amide bonds. The molecule has 1 aromatic carbocycles. The smallest absolute Gasteiger partial charge is 0.219 e. The fourth-order valence-electron chi connectivity index (χ4n) is 1.67. The average molecular weight is 286 g/mol. The summed E-state index contributed by atoms with van der Waals surface area (Å²) in [6.45, 7) is 3.74. The summed E-state index contributed by atoms with van der Waals surface area (Å²) in [4.78, 5) is 11.2. The molecule has 1 aromatic rings. The number of amides is 1. The zero-order valence-electron chi connectivity index (χ0n) is 10.3. The number of benzene rings is 1. The lowest BCUT2D eigenvalue weighted by molar-refractivity contribution is -0.118. The summed E-state index contributed by atoms with van der Waals surface area (Å²) >= 11 is 10.9. The first kappa shape index (κ1) is 14.7. The lowest BCUT2D eigenvalue weighted by Gasteiger charge is -2.27. The van der Waals surface area contributed by atoms with Gasteiger partial charge in [-0.15, -0.1) is 0 Å². The maximum Gasteiger partial charge on any atom is 0.219 e. The molecule has 0 aliphatic carbocycles. The van der Waals surface area contributed by atoms with E-state index in [1.165, 1.54) is 0 Å². The van der Waals surface area contributed by atoms with Crippen LogP contribution in [0.1, 0.15) is 25.8 Å². The van der Waals surface area contributed by atoms with Crippen LogP contribution in [-0.2, 0) is 4.79 Å². The number of thiocarbonyl (C=S) groups is 1. The third-order valence-corrected chi connectivity index (χ3v) is 2.79. The third kappa shape index (κ3) is 4.16. The van der Waals surface area contributed by atoms with Crippen LogP contribution in [0.15, 0.2) is 18.2 Å². The molecule has 0 atom stereocenters. The molecule has 18 heavy (non-hydrogen) atoms. The molecule has 0 aromatic heterocycles. The zero-order chi connectivity index (χ0) is 13.9. The Labute approximate surface area is 117 Å². The van der Waals surface area contributed by atoms with E-state index in [2.05, 4.69) is 5.32 Å². The van der Waals surface area contributed by atoms with E-state index in [-0.39, 0.29) is 17.3 Å². The van der Waals surface area contributed by atoms with Crippen molar-refractivity contribution in [2.24, 2.45) is 11.5 Å². The van der Waals surface area contributed by atoms with Gasteiger partial charge in [0.2, 0.25) is 5.91 Å². The number of primary amides is 1. The highest BCUT2D eigenvalue weighted by Gasteiger charge is 2.21. The molecule has 0 spiro atoms. The van der Waals surface area contributed by atoms with Crippen LogP contribution in [-0.4, -0.2) is 16.4 Å². The van der Waals surface area contributed by atoms with Gasteiger partial charge < -0.3 is 16.8 Å². The Morgan fingerprint density at radius 2 is 2.06 bits per heavy atom. The van der Waals surface area contributed by atoms with E-state index in [4.69, 9.17) is 35.3 Å². The normalized spacial score (nSPS) is 11.1. The summed E-state index contributed by atoms with van der Waals surface area (Å²) in [5, 5.41) is 3.75. The largest absolute Gasteiger partial charge is 0.389 e. The molecule has 1 rings (SSSR count). The predicted molar refractivity (Wildman–Crippen MR) is 78.9 cm³/mol. The Balaban J connectivity index is 3.03. The minimum absolute atomic E-state index is 0.201. The van der Waals surface area contributed by atoms with Crippen molar-refractivity contribution in [1.82, 2.24) is 0 Å². The van der Waals surface area contributed by atoms with Crippen molar-refractivity contribution in [3.63, 3.8) is 0 Å². The highest BCUT2D eigenvalue weighted by Crippen LogP contribution is 2.25. The van der Waals surface area contributed by atoms with Gasteiger partial charge >= 0.3 is 0 Å². The molecule has 6 heteroatoms. The summed E-state index contributed by atoms with van der Waals surface area (Å²) in [6, 6.07) is 5.19. The quantitative estimate of drug-likeness (QED) is 0.723. The highest BCUT2D eigenvalue weighted by molar-refractivity contribution is 7.80. The molecule has 0 bridgehead atoms. The van der Waals surface area contributed by atoms with E-state index in [9.17, 15) is 4.79 Å². The molecule has 5 N–H and O–H groups in total. The Morgan fingerprint density at radius 3 is 2.56 bits per heavy atom.